The van der Waals surface area contributed by atoms with E-state index >= 15 is 0 Å². The van der Waals surface area contributed by atoms with E-state index in [2.05, 4.69) is 10.4 Å². The van der Waals surface area contributed by atoms with Crippen LogP contribution in [0.1, 0.15) is 26.7 Å². The average Bonchev–Trinajstić information content (AvgIpc) is 3.16. The summed E-state index contributed by atoms with van der Waals surface area (Å²) in [5.41, 5.74) is -0.163. The van der Waals surface area contributed by atoms with Crippen LogP contribution in [-0.4, -0.2) is 44.0 Å². The van der Waals surface area contributed by atoms with Crippen molar-refractivity contribution in [2.24, 2.45) is 0 Å². The van der Waals surface area contributed by atoms with E-state index in [1.165, 1.54) is 16.9 Å². The Kier molecular flexibility index (Phi) is 4.28. The number of benzene rings is 1. The summed E-state index contributed by atoms with van der Waals surface area (Å²) >= 11 is 0. The minimum atomic E-state index is -0.953. The number of hydrogen-bond acceptors (Lipinski definition) is 3. The molecule has 1 unspecified atom stereocenters. The Hall–Kier alpha value is -2.41. The molecular formula is C17H21FN4O2. The van der Waals surface area contributed by atoms with Gasteiger partial charge in [0, 0.05) is 6.54 Å². The Balaban J connectivity index is 1.73. The molecule has 2 amide bonds. The van der Waals surface area contributed by atoms with Gasteiger partial charge in [0.25, 0.3) is 0 Å². The molecule has 6 nitrogen and oxygen atoms in total. The molecule has 7 heteroatoms. The highest BCUT2D eigenvalue weighted by Crippen LogP contribution is 2.27. The predicted octanol–water partition coefficient (Wildman–Crippen LogP) is 2.78. The SMILES string of the molecule is CC(C)(O)C1CCCN1C(=O)Nc1cnn(-c2ccccc2F)c1. The average molecular weight is 332 g/mol. The van der Waals surface area contributed by atoms with E-state index in [0.29, 0.717) is 17.9 Å². The van der Waals surface area contributed by atoms with E-state index in [1.807, 2.05) is 0 Å². The summed E-state index contributed by atoms with van der Waals surface area (Å²) in [5, 5.41) is 17.1. The van der Waals surface area contributed by atoms with E-state index in [4.69, 9.17) is 0 Å². The topological polar surface area (TPSA) is 70.4 Å². The number of aromatic nitrogens is 2. The molecule has 1 atom stereocenters. The van der Waals surface area contributed by atoms with Crippen molar-refractivity contribution in [1.29, 1.82) is 0 Å². The third-order valence-corrected chi connectivity index (χ3v) is 4.26. The first kappa shape index (κ1) is 16.4. The van der Waals surface area contributed by atoms with Gasteiger partial charge in [-0.25, -0.2) is 13.9 Å². The number of halogens is 1. The van der Waals surface area contributed by atoms with Crippen molar-refractivity contribution in [1.82, 2.24) is 14.7 Å². The molecule has 0 aliphatic carbocycles. The minimum absolute atomic E-state index is 0.223. The van der Waals surface area contributed by atoms with Crippen LogP contribution in [0.15, 0.2) is 36.7 Å². The highest BCUT2D eigenvalue weighted by Gasteiger charge is 2.38. The Morgan fingerprint density at radius 3 is 2.88 bits per heavy atom. The van der Waals surface area contributed by atoms with Gasteiger partial charge in [0.2, 0.25) is 0 Å². The molecule has 2 heterocycles. The summed E-state index contributed by atoms with van der Waals surface area (Å²) in [5.74, 6) is -0.389. The molecule has 1 saturated heterocycles. The Morgan fingerprint density at radius 1 is 1.42 bits per heavy atom. The highest BCUT2D eigenvalue weighted by atomic mass is 19.1. The van der Waals surface area contributed by atoms with E-state index < -0.39 is 5.60 Å². The molecule has 2 aromatic rings. The van der Waals surface area contributed by atoms with Crippen molar-refractivity contribution >= 4 is 11.7 Å². The first-order chi connectivity index (χ1) is 11.4. The van der Waals surface area contributed by atoms with Crippen LogP contribution in [-0.2, 0) is 0 Å². The van der Waals surface area contributed by atoms with Crippen molar-refractivity contribution < 1.29 is 14.3 Å². The summed E-state index contributed by atoms with van der Waals surface area (Å²) in [7, 11) is 0. The maximum Gasteiger partial charge on any atom is 0.322 e. The smallest absolute Gasteiger partial charge is 0.322 e. The molecule has 3 rings (SSSR count). The standard InChI is InChI=1S/C17H21FN4O2/c1-17(2,24)15-8-5-9-21(15)16(23)20-12-10-19-22(11-12)14-7-4-3-6-13(14)18/h3-4,6-7,10-11,15,24H,5,8-9H2,1-2H3,(H,20,23). The fourth-order valence-corrected chi connectivity index (χ4v) is 3.10. The van der Waals surface area contributed by atoms with Crippen LogP contribution in [0.4, 0.5) is 14.9 Å². The van der Waals surface area contributed by atoms with Crippen molar-refractivity contribution in [3.05, 3.63) is 42.5 Å². The predicted molar refractivity (Wildman–Crippen MR) is 88.6 cm³/mol. The normalized spacial score (nSPS) is 18.0. The number of amides is 2. The summed E-state index contributed by atoms with van der Waals surface area (Å²) < 4.78 is 15.2. The summed E-state index contributed by atoms with van der Waals surface area (Å²) in [6.45, 7) is 4.01. The van der Waals surface area contributed by atoms with Crippen molar-refractivity contribution in [3.8, 4) is 5.69 Å². The van der Waals surface area contributed by atoms with Crippen LogP contribution in [0, 0.1) is 5.82 Å². The first-order valence-electron chi connectivity index (χ1n) is 7.96. The molecule has 0 saturated carbocycles. The Labute approximate surface area is 139 Å². The fraction of sp³-hybridized carbons (Fsp3) is 0.412. The number of aliphatic hydroxyl groups is 1. The lowest BCUT2D eigenvalue weighted by Crippen LogP contribution is -2.49. The van der Waals surface area contributed by atoms with Gasteiger partial charge in [-0.05, 0) is 38.8 Å². The maximum atomic E-state index is 13.8. The number of urea groups is 1. The number of nitrogens with zero attached hydrogens (tertiary/aromatic N) is 3. The van der Waals surface area contributed by atoms with Crippen LogP contribution in [0.25, 0.3) is 5.69 Å². The fourth-order valence-electron chi connectivity index (χ4n) is 3.10. The molecule has 1 aromatic heterocycles. The Bertz CT molecular complexity index is 738. The van der Waals surface area contributed by atoms with Crippen molar-refractivity contribution in [3.63, 3.8) is 0 Å². The van der Waals surface area contributed by atoms with E-state index in [1.54, 1.807) is 43.1 Å². The Morgan fingerprint density at radius 2 is 2.17 bits per heavy atom. The zero-order chi connectivity index (χ0) is 17.3. The molecule has 0 bridgehead atoms. The van der Waals surface area contributed by atoms with Gasteiger partial charge in [-0.1, -0.05) is 12.1 Å². The summed E-state index contributed by atoms with van der Waals surface area (Å²) in [6.07, 6.45) is 4.66. The van der Waals surface area contributed by atoms with Crippen LogP contribution in [0.2, 0.25) is 0 Å². The molecule has 1 aliphatic heterocycles. The van der Waals surface area contributed by atoms with Crippen molar-refractivity contribution in [2.75, 3.05) is 11.9 Å². The number of likely N-dealkylation sites (tertiary alicyclic amines) is 1. The largest absolute Gasteiger partial charge is 0.388 e. The maximum absolute atomic E-state index is 13.8. The van der Waals surface area contributed by atoms with Gasteiger partial charge in [-0.2, -0.15) is 5.10 Å². The third-order valence-electron chi connectivity index (χ3n) is 4.26. The number of anilines is 1. The number of para-hydroxylation sites is 1. The molecule has 0 spiro atoms. The highest BCUT2D eigenvalue weighted by molar-refractivity contribution is 5.89. The van der Waals surface area contributed by atoms with E-state index in [0.717, 1.165) is 12.8 Å². The van der Waals surface area contributed by atoms with Gasteiger partial charge in [-0.15, -0.1) is 0 Å². The number of carbonyl (C=O) groups excluding carboxylic acids is 1. The van der Waals surface area contributed by atoms with Gasteiger partial charge in [0.1, 0.15) is 11.5 Å². The van der Waals surface area contributed by atoms with E-state index in [9.17, 15) is 14.3 Å². The van der Waals surface area contributed by atoms with Gasteiger partial charge in [0.05, 0.1) is 29.7 Å². The molecule has 1 aliphatic rings. The molecular weight excluding hydrogens is 311 g/mol. The molecule has 128 valence electrons. The zero-order valence-corrected chi connectivity index (χ0v) is 13.7. The van der Waals surface area contributed by atoms with Crippen LogP contribution in [0.3, 0.4) is 0 Å². The second kappa shape index (κ2) is 6.24. The lowest BCUT2D eigenvalue weighted by atomic mass is 9.97. The number of carbonyl (C=O) groups is 1. The zero-order valence-electron chi connectivity index (χ0n) is 13.7. The molecule has 1 fully saturated rings. The molecule has 1 aromatic carbocycles. The first-order valence-corrected chi connectivity index (χ1v) is 7.96. The lowest BCUT2D eigenvalue weighted by Gasteiger charge is -2.33. The number of hydrogen-bond donors (Lipinski definition) is 2. The minimum Gasteiger partial charge on any atom is -0.388 e. The quantitative estimate of drug-likeness (QED) is 0.908. The number of rotatable bonds is 3. The molecule has 2 N–H and O–H groups in total. The van der Waals surface area contributed by atoms with Gasteiger partial charge >= 0.3 is 6.03 Å². The van der Waals surface area contributed by atoms with Gasteiger partial charge < -0.3 is 15.3 Å². The van der Waals surface area contributed by atoms with Crippen molar-refractivity contribution in [2.45, 2.75) is 38.3 Å². The molecule has 24 heavy (non-hydrogen) atoms. The molecule has 0 radical (unpaired) electrons. The third kappa shape index (κ3) is 3.26. The summed E-state index contributed by atoms with van der Waals surface area (Å²) in [6, 6.07) is 5.78. The van der Waals surface area contributed by atoms with Gasteiger partial charge in [0.15, 0.2) is 0 Å². The van der Waals surface area contributed by atoms with Crippen LogP contribution >= 0.6 is 0 Å². The number of nitrogens with one attached hydrogen (secondary N) is 1. The van der Waals surface area contributed by atoms with Crippen LogP contribution < -0.4 is 5.32 Å². The van der Waals surface area contributed by atoms with Gasteiger partial charge in [-0.3, -0.25) is 0 Å². The lowest BCUT2D eigenvalue weighted by molar-refractivity contribution is 0.0117. The monoisotopic (exact) mass is 332 g/mol. The summed E-state index contributed by atoms with van der Waals surface area (Å²) in [4.78, 5) is 14.1. The van der Waals surface area contributed by atoms with Crippen LogP contribution in [0.5, 0.6) is 0 Å². The van der Waals surface area contributed by atoms with E-state index in [-0.39, 0.29) is 17.9 Å². The second-order valence-electron chi connectivity index (χ2n) is 6.56. The second-order valence-corrected chi connectivity index (χ2v) is 6.56.